The van der Waals surface area contributed by atoms with Gasteiger partial charge in [-0.2, -0.15) is 0 Å². The van der Waals surface area contributed by atoms with Gasteiger partial charge in [-0.25, -0.2) is 4.79 Å². The predicted molar refractivity (Wildman–Crippen MR) is 43.7 cm³/mol. The topological polar surface area (TPSA) is 89.6 Å². The van der Waals surface area contributed by atoms with Crippen LogP contribution in [0.3, 0.4) is 0 Å². The summed E-state index contributed by atoms with van der Waals surface area (Å²) in [5, 5.41) is 7.99. The van der Waals surface area contributed by atoms with Gasteiger partial charge in [0.05, 0.1) is 12.5 Å². The van der Waals surface area contributed by atoms with Gasteiger partial charge in [0.15, 0.2) is 0 Å². The van der Waals surface area contributed by atoms with Gasteiger partial charge in [-0.1, -0.05) is 13.8 Å². The number of aliphatic carboxylic acids is 1. The van der Waals surface area contributed by atoms with Crippen molar-refractivity contribution in [2.75, 3.05) is 6.61 Å². The fourth-order valence-electron chi connectivity index (χ4n) is 0.142. The molecule has 0 aromatic rings. The largest absolute Gasteiger partial charge is 0.481 e. The highest BCUT2D eigenvalue weighted by Gasteiger charge is 1.99. The lowest BCUT2D eigenvalue weighted by Gasteiger charge is -1.89. The Morgan fingerprint density at radius 3 is 1.83 bits per heavy atom. The molecule has 0 aliphatic rings. The van der Waals surface area contributed by atoms with Crippen LogP contribution < -0.4 is 5.73 Å². The van der Waals surface area contributed by atoms with Crippen LogP contribution in [0.1, 0.15) is 20.8 Å². The molecule has 1 amide bonds. The fourth-order valence-corrected chi connectivity index (χ4v) is 0.142. The van der Waals surface area contributed by atoms with Crippen LogP contribution in [0, 0.1) is 5.92 Å². The quantitative estimate of drug-likeness (QED) is 0.653. The van der Waals surface area contributed by atoms with Crippen molar-refractivity contribution in [2.24, 2.45) is 11.7 Å². The van der Waals surface area contributed by atoms with E-state index >= 15 is 0 Å². The lowest BCUT2D eigenvalue weighted by molar-refractivity contribution is -0.140. The number of amides is 1. The summed E-state index contributed by atoms with van der Waals surface area (Å²) in [4.78, 5) is 19.3. The zero-order valence-corrected chi connectivity index (χ0v) is 7.53. The maximum atomic E-state index is 9.70. The second-order valence-electron chi connectivity index (χ2n) is 2.24. The van der Waals surface area contributed by atoms with Crippen LogP contribution in [0.15, 0.2) is 0 Å². The van der Waals surface area contributed by atoms with E-state index < -0.39 is 12.1 Å². The minimum absolute atomic E-state index is 0.231. The molecule has 0 heterocycles. The van der Waals surface area contributed by atoms with Crippen molar-refractivity contribution in [2.45, 2.75) is 20.8 Å². The van der Waals surface area contributed by atoms with E-state index in [4.69, 9.17) is 5.11 Å². The van der Waals surface area contributed by atoms with E-state index in [1.807, 2.05) is 0 Å². The predicted octanol–water partition coefficient (Wildman–Crippen LogP) is 0.829. The lowest BCUT2D eigenvalue weighted by Crippen LogP contribution is -2.11. The van der Waals surface area contributed by atoms with Crippen molar-refractivity contribution >= 4 is 12.1 Å². The Kier molecular flexibility index (Phi) is 8.72. The third-order valence-corrected chi connectivity index (χ3v) is 0.780. The van der Waals surface area contributed by atoms with Crippen LogP contribution in [0.4, 0.5) is 4.79 Å². The second kappa shape index (κ2) is 7.84. The van der Waals surface area contributed by atoms with Crippen LogP contribution in [0.5, 0.6) is 0 Å². The summed E-state index contributed by atoms with van der Waals surface area (Å²) in [6.07, 6.45) is -0.711. The van der Waals surface area contributed by atoms with Crippen LogP contribution in [0.25, 0.3) is 0 Å². The zero-order chi connectivity index (χ0) is 10.1. The second-order valence-corrected chi connectivity index (χ2v) is 2.24. The van der Waals surface area contributed by atoms with Gasteiger partial charge in [0.1, 0.15) is 0 Å². The van der Waals surface area contributed by atoms with E-state index in [0.717, 1.165) is 0 Å². The monoisotopic (exact) mass is 177 g/mol. The summed E-state index contributed by atoms with van der Waals surface area (Å²) >= 11 is 0. The first-order chi connectivity index (χ1) is 5.41. The van der Waals surface area contributed by atoms with E-state index in [2.05, 4.69) is 10.5 Å². The van der Waals surface area contributed by atoms with Gasteiger partial charge < -0.3 is 15.6 Å². The number of nitrogens with two attached hydrogens (primary N) is 1. The number of primary amides is 1. The molecule has 5 nitrogen and oxygen atoms in total. The fraction of sp³-hybridized carbons (Fsp3) is 0.714. The van der Waals surface area contributed by atoms with E-state index in [1.54, 1.807) is 20.8 Å². The Labute approximate surface area is 71.5 Å². The minimum atomic E-state index is -0.741. The van der Waals surface area contributed by atoms with E-state index in [-0.39, 0.29) is 5.92 Å². The third kappa shape index (κ3) is 15.9. The van der Waals surface area contributed by atoms with Crippen molar-refractivity contribution in [1.82, 2.24) is 0 Å². The highest BCUT2D eigenvalue weighted by molar-refractivity contribution is 5.68. The Hall–Kier alpha value is -1.26. The molecule has 72 valence electrons. The molecule has 12 heavy (non-hydrogen) atoms. The minimum Gasteiger partial charge on any atom is -0.481 e. The van der Waals surface area contributed by atoms with Crippen molar-refractivity contribution in [3.05, 3.63) is 0 Å². The smallest absolute Gasteiger partial charge is 0.404 e. The molecule has 0 bridgehead atoms. The average molecular weight is 177 g/mol. The van der Waals surface area contributed by atoms with E-state index in [9.17, 15) is 9.59 Å². The first kappa shape index (κ1) is 13.3. The zero-order valence-electron chi connectivity index (χ0n) is 7.53. The maximum Gasteiger partial charge on any atom is 0.404 e. The molecule has 0 atom stereocenters. The third-order valence-electron chi connectivity index (χ3n) is 0.780. The van der Waals surface area contributed by atoms with Crippen molar-refractivity contribution in [1.29, 1.82) is 0 Å². The molecule has 0 saturated carbocycles. The first-order valence-electron chi connectivity index (χ1n) is 3.56. The molecule has 0 aromatic carbocycles. The standard InChI is InChI=1S/C4H8O2.C3H7NO2/c1-3(2)4(5)6;1-2-6-3(4)5/h3H,1-2H3,(H,5,6);2H2,1H3,(H2,4,5). The Bertz CT molecular complexity index is 144. The molecule has 0 saturated heterocycles. The summed E-state index contributed by atoms with van der Waals surface area (Å²) in [5.74, 6) is -0.972. The molecule has 0 spiro atoms. The van der Waals surface area contributed by atoms with Gasteiger partial charge >= 0.3 is 12.1 Å². The Morgan fingerprint density at radius 1 is 1.50 bits per heavy atom. The molecule has 0 radical (unpaired) electrons. The summed E-state index contributed by atoms with van der Waals surface area (Å²) in [5.41, 5.74) is 4.54. The highest BCUT2D eigenvalue weighted by Crippen LogP contribution is 1.87. The van der Waals surface area contributed by atoms with Crippen LogP contribution >= 0.6 is 0 Å². The van der Waals surface area contributed by atoms with Gasteiger partial charge in [0.2, 0.25) is 0 Å². The number of carboxylic acids is 1. The van der Waals surface area contributed by atoms with Crippen molar-refractivity contribution in [3.63, 3.8) is 0 Å². The number of carbonyl (C=O) groups is 2. The van der Waals surface area contributed by atoms with E-state index in [1.165, 1.54) is 0 Å². The molecule has 0 aliphatic heterocycles. The SMILES string of the molecule is CC(C)C(=O)O.CCOC(N)=O. The molecule has 0 fully saturated rings. The van der Waals surface area contributed by atoms with Gasteiger partial charge in [-0.05, 0) is 6.92 Å². The molecule has 0 aromatic heterocycles. The number of carboxylic acid groups (broad SMARTS) is 1. The van der Waals surface area contributed by atoms with Gasteiger partial charge in [0, 0.05) is 0 Å². The van der Waals surface area contributed by atoms with E-state index in [0.29, 0.717) is 6.61 Å². The molecule has 0 aliphatic carbocycles. The summed E-state index contributed by atoms with van der Waals surface area (Å²) in [6.45, 7) is 5.34. The summed E-state index contributed by atoms with van der Waals surface area (Å²) in [7, 11) is 0. The van der Waals surface area contributed by atoms with Crippen LogP contribution in [0.2, 0.25) is 0 Å². The first-order valence-corrected chi connectivity index (χ1v) is 3.56. The Balaban J connectivity index is 0. The van der Waals surface area contributed by atoms with Crippen molar-refractivity contribution < 1.29 is 19.4 Å². The molecular weight excluding hydrogens is 162 g/mol. The number of rotatable bonds is 2. The van der Waals surface area contributed by atoms with Gasteiger partial charge in [-0.3, -0.25) is 4.79 Å². The summed E-state index contributed by atoms with van der Waals surface area (Å²) < 4.78 is 4.18. The number of carbonyl (C=O) groups excluding carboxylic acids is 1. The average Bonchev–Trinajstić information content (AvgIpc) is 1.87. The van der Waals surface area contributed by atoms with Crippen LogP contribution in [-0.4, -0.2) is 23.8 Å². The molecule has 0 unspecified atom stereocenters. The lowest BCUT2D eigenvalue weighted by atomic mass is 10.2. The highest BCUT2D eigenvalue weighted by atomic mass is 16.5. The van der Waals surface area contributed by atoms with Gasteiger partial charge in [-0.15, -0.1) is 0 Å². The number of hydrogen-bond donors (Lipinski definition) is 2. The van der Waals surface area contributed by atoms with Gasteiger partial charge in [0.25, 0.3) is 0 Å². The molecular formula is C7H15NO4. The molecule has 3 N–H and O–H groups in total. The number of hydrogen-bond acceptors (Lipinski definition) is 3. The Morgan fingerprint density at radius 2 is 1.83 bits per heavy atom. The maximum absolute atomic E-state index is 9.70. The van der Waals surface area contributed by atoms with Crippen molar-refractivity contribution in [3.8, 4) is 0 Å². The van der Waals surface area contributed by atoms with Crippen LogP contribution in [-0.2, 0) is 9.53 Å². The number of ether oxygens (including phenoxy) is 1. The molecule has 5 heteroatoms. The summed E-state index contributed by atoms with van der Waals surface area (Å²) in [6, 6.07) is 0. The normalized spacial score (nSPS) is 8.33. The molecule has 0 rings (SSSR count).